The van der Waals surface area contributed by atoms with Crippen molar-refractivity contribution in [2.75, 3.05) is 33.2 Å². The van der Waals surface area contributed by atoms with Crippen LogP contribution < -0.4 is 5.32 Å². The van der Waals surface area contributed by atoms with E-state index in [2.05, 4.69) is 5.32 Å². The van der Waals surface area contributed by atoms with Crippen LogP contribution in [0.5, 0.6) is 0 Å². The number of hydrogen-bond acceptors (Lipinski definition) is 2. The predicted molar refractivity (Wildman–Crippen MR) is 59.6 cm³/mol. The minimum absolute atomic E-state index is 0.0777. The Morgan fingerprint density at radius 1 is 1.00 bits per heavy atom. The van der Waals surface area contributed by atoms with Crippen LogP contribution in [-0.4, -0.2) is 55.0 Å². The number of rotatable bonds is 5. The molecule has 0 saturated heterocycles. The second-order valence-electron chi connectivity index (χ2n) is 3.14. The van der Waals surface area contributed by atoms with Gasteiger partial charge in [-0.3, -0.25) is 4.79 Å². The summed E-state index contributed by atoms with van der Waals surface area (Å²) in [6.07, 6.45) is 0. The average molecular weight is 215 g/mol. The van der Waals surface area contributed by atoms with E-state index in [0.717, 1.165) is 0 Å². The molecule has 0 heterocycles. The van der Waals surface area contributed by atoms with Crippen LogP contribution in [0.2, 0.25) is 0 Å². The first kappa shape index (κ1) is 13.7. The van der Waals surface area contributed by atoms with Gasteiger partial charge < -0.3 is 15.1 Å². The van der Waals surface area contributed by atoms with Crippen molar-refractivity contribution in [3.63, 3.8) is 0 Å². The summed E-state index contributed by atoms with van der Waals surface area (Å²) < 4.78 is 0. The van der Waals surface area contributed by atoms with Crippen molar-refractivity contribution in [1.29, 1.82) is 0 Å². The van der Waals surface area contributed by atoms with Crippen molar-refractivity contribution >= 4 is 11.9 Å². The lowest BCUT2D eigenvalue weighted by atomic mass is 10.4. The van der Waals surface area contributed by atoms with Crippen molar-refractivity contribution in [1.82, 2.24) is 15.1 Å². The van der Waals surface area contributed by atoms with E-state index in [1.165, 1.54) is 4.90 Å². The Balaban J connectivity index is 4.38. The van der Waals surface area contributed by atoms with Crippen LogP contribution in [0.4, 0.5) is 4.79 Å². The zero-order chi connectivity index (χ0) is 11.8. The number of nitrogens with zero attached hydrogens (tertiary/aromatic N) is 2. The maximum Gasteiger partial charge on any atom is 0.320 e. The van der Waals surface area contributed by atoms with E-state index < -0.39 is 0 Å². The summed E-state index contributed by atoms with van der Waals surface area (Å²) in [5.41, 5.74) is 0. The molecule has 0 fully saturated rings. The van der Waals surface area contributed by atoms with Gasteiger partial charge in [0.25, 0.3) is 0 Å². The van der Waals surface area contributed by atoms with Crippen molar-refractivity contribution in [3.05, 3.63) is 0 Å². The summed E-state index contributed by atoms with van der Waals surface area (Å²) in [5.74, 6) is -0.141. The number of hydrogen-bond donors (Lipinski definition) is 1. The fraction of sp³-hybridized carbons (Fsp3) is 0.800. The monoisotopic (exact) mass is 215 g/mol. The first-order valence-corrected chi connectivity index (χ1v) is 5.35. The molecular formula is C10H21N3O2. The minimum atomic E-state index is -0.141. The second kappa shape index (κ2) is 7.09. The first-order chi connectivity index (χ1) is 7.10. The van der Waals surface area contributed by atoms with Crippen LogP contribution in [0.25, 0.3) is 0 Å². The van der Waals surface area contributed by atoms with Crippen molar-refractivity contribution < 1.29 is 9.59 Å². The Bertz CT molecular complexity index is 215. The molecule has 1 N–H and O–H groups in total. The molecule has 0 aliphatic rings. The van der Waals surface area contributed by atoms with Crippen LogP contribution in [-0.2, 0) is 4.79 Å². The molecule has 3 amide bonds. The smallest absolute Gasteiger partial charge is 0.320 e. The SMILES string of the molecule is CCN(CC)C(=O)N(CC)CC(=O)NC. The normalized spacial score (nSPS) is 9.60. The topological polar surface area (TPSA) is 52.7 Å². The Morgan fingerprint density at radius 3 is 1.80 bits per heavy atom. The number of amides is 3. The first-order valence-electron chi connectivity index (χ1n) is 5.35. The van der Waals surface area contributed by atoms with E-state index >= 15 is 0 Å². The molecule has 0 rings (SSSR count). The lowest BCUT2D eigenvalue weighted by molar-refractivity contribution is -0.121. The van der Waals surface area contributed by atoms with Crippen LogP contribution >= 0.6 is 0 Å². The molecule has 0 radical (unpaired) electrons. The summed E-state index contributed by atoms with van der Waals surface area (Å²) >= 11 is 0. The highest BCUT2D eigenvalue weighted by Crippen LogP contribution is 1.98. The molecule has 0 atom stereocenters. The number of carbonyl (C=O) groups is 2. The molecule has 15 heavy (non-hydrogen) atoms. The number of carbonyl (C=O) groups excluding carboxylic acids is 2. The highest BCUT2D eigenvalue weighted by atomic mass is 16.2. The van der Waals surface area contributed by atoms with Crippen molar-refractivity contribution in [2.24, 2.45) is 0 Å². The van der Waals surface area contributed by atoms with Gasteiger partial charge in [0.15, 0.2) is 0 Å². The summed E-state index contributed by atoms with van der Waals surface area (Å²) in [5, 5.41) is 2.51. The molecule has 0 aromatic heterocycles. The average Bonchev–Trinajstić information content (AvgIpc) is 2.26. The zero-order valence-electron chi connectivity index (χ0n) is 10.0. The van der Waals surface area contributed by atoms with Gasteiger partial charge in [0, 0.05) is 26.7 Å². The highest BCUT2D eigenvalue weighted by Gasteiger charge is 2.18. The molecule has 88 valence electrons. The molecular weight excluding hydrogens is 194 g/mol. The fourth-order valence-electron chi connectivity index (χ4n) is 1.26. The number of nitrogens with one attached hydrogen (secondary N) is 1. The van der Waals surface area contributed by atoms with Crippen LogP contribution in [0.15, 0.2) is 0 Å². The molecule has 0 aromatic rings. The Morgan fingerprint density at radius 2 is 1.47 bits per heavy atom. The molecule has 0 bridgehead atoms. The Kier molecular flexibility index (Phi) is 6.49. The highest BCUT2D eigenvalue weighted by molar-refractivity contribution is 5.83. The van der Waals surface area contributed by atoms with Gasteiger partial charge in [0.05, 0.1) is 0 Å². The van der Waals surface area contributed by atoms with E-state index in [4.69, 9.17) is 0 Å². The molecule has 0 saturated carbocycles. The standard InChI is InChI=1S/C10H21N3O2/c1-5-12(6-2)10(15)13(7-3)8-9(14)11-4/h5-8H2,1-4H3,(H,11,14). The summed E-state index contributed by atoms with van der Waals surface area (Å²) in [6.45, 7) is 7.72. The number of urea groups is 1. The quantitative estimate of drug-likeness (QED) is 0.726. The second-order valence-corrected chi connectivity index (χ2v) is 3.14. The third-order valence-electron chi connectivity index (χ3n) is 2.30. The molecule has 0 aliphatic heterocycles. The van der Waals surface area contributed by atoms with Gasteiger partial charge in [-0.2, -0.15) is 0 Å². The summed E-state index contributed by atoms with van der Waals surface area (Å²) in [7, 11) is 1.57. The third-order valence-corrected chi connectivity index (χ3v) is 2.30. The van der Waals surface area contributed by atoms with Gasteiger partial charge in [-0.1, -0.05) is 0 Å². The van der Waals surface area contributed by atoms with Gasteiger partial charge in [-0.05, 0) is 20.8 Å². The van der Waals surface area contributed by atoms with E-state index in [-0.39, 0.29) is 18.5 Å². The van der Waals surface area contributed by atoms with E-state index in [1.807, 2.05) is 20.8 Å². The van der Waals surface area contributed by atoms with Crippen LogP contribution in [0.3, 0.4) is 0 Å². The largest absolute Gasteiger partial charge is 0.358 e. The van der Waals surface area contributed by atoms with Crippen molar-refractivity contribution in [2.45, 2.75) is 20.8 Å². The lowest BCUT2D eigenvalue weighted by Crippen LogP contribution is -2.46. The van der Waals surface area contributed by atoms with Gasteiger partial charge in [0.2, 0.25) is 5.91 Å². The minimum Gasteiger partial charge on any atom is -0.358 e. The lowest BCUT2D eigenvalue weighted by Gasteiger charge is -2.27. The van der Waals surface area contributed by atoms with E-state index in [1.54, 1.807) is 11.9 Å². The Labute approximate surface area is 91.4 Å². The van der Waals surface area contributed by atoms with Gasteiger partial charge >= 0.3 is 6.03 Å². The molecule has 0 unspecified atom stereocenters. The van der Waals surface area contributed by atoms with Crippen LogP contribution in [0, 0.1) is 0 Å². The molecule has 5 heteroatoms. The van der Waals surface area contributed by atoms with Crippen molar-refractivity contribution in [3.8, 4) is 0 Å². The zero-order valence-corrected chi connectivity index (χ0v) is 10.0. The number of likely N-dealkylation sites (N-methyl/N-ethyl adjacent to an activating group) is 2. The van der Waals surface area contributed by atoms with Gasteiger partial charge in [0.1, 0.15) is 6.54 Å². The molecule has 0 spiro atoms. The van der Waals surface area contributed by atoms with Crippen LogP contribution in [0.1, 0.15) is 20.8 Å². The maximum atomic E-state index is 11.9. The van der Waals surface area contributed by atoms with E-state index in [9.17, 15) is 9.59 Å². The van der Waals surface area contributed by atoms with Gasteiger partial charge in [-0.15, -0.1) is 0 Å². The predicted octanol–water partition coefficient (Wildman–Crippen LogP) is 0.516. The van der Waals surface area contributed by atoms with E-state index in [0.29, 0.717) is 19.6 Å². The molecule has 0 aromatic carbocycles. The summed E-state index contributed by atoms with van der Waals surface area (Å²) in [4.78, 5) is 26.3. The summed E-state index contributed by atoms with van der Waals surface area (Å²) in [6, 6.07) is -0.0777. The Hall–Kier alpha value is -1.26. The third kappa shape index (κ3) is 4.18. The van der Waals surface area contributed by atoms with Gasteiger partial charge in [-0.25, -0.2) is 4.79 Å². The molecule has 0 aliphatic carbocycles. The molecule has 5 nitrogen and oxygen atoms in total. The fourth-order valence-corrected chi connectivity index (χ4v) is 1.26. The maximum absolute atomic E-state index is 11.9.